The molecule has 0 aromatic heterocycles. The van der Waals surface area contributed by atoms with Gasteiger partial charge in [-0.2, -0.15) is 0 Å². The van der Waals surface area contributed by atoms with Gasteiger partial charge < -0.3 is 15.6 Å². The van der Waals surface area contributed by atoms with Crippen molar-refractivity contribution < 1.29 is 23.8 Å². The number of primary amides is 1. The van der Waals surface area contributed by atoms with Crippen molar-refractivity contribution in [3.63, 3.8) is 0 Å². The zero-order chi connectivity index (χ0) is 13.0. The minimum atomic E-state index is -1.04. The first-order chi connectivity index (χ1) is 7.93. The molecular weight excluding hydrogens is 229 g/mol. The van der Waals surface area contributed by atoms with Gasteiger partial charge in [-0.1, -0.05) is 6.07 Å². The van der Waals surface area contributed by atoms with E-state index in [4.69, 9.17) is 15.6 Å². The molecule has 92 valence electrons. The zero-order valence-electron chi connectivity index (χ0n) is 9.14. The van der Waals surface area contributed by atoms with Gasteiger partial charge in [0.15, 0.2) is 0 Å². The molecule has 1 aromatic carbocycles. The maximum atomic E-state index is 13.3. The van der Waals surface area contributed by atoms with Crippen LogP contribution in [0.4, 0.5) is 4.39 Å². The number of carbonyl (C=O) groups is 2. The molecule has 0 aliphatic rings. The molecule has 1 amide bonds. The summed E-state index contributed by atoms with van der Waals surface area (Å²) in [6.07, 6.45) is 0. The maximum Gasteiger partial charge on any atom is 0.309 e. The molecule has 6 heteroatoms. The number of hydrogen-bond donors (Lipinski definition) is 2. The highest BCUT2D eigenvalue weighted by Gasteiger charge is 2.17. The standard InChI is InChI=1S/C11H12FNO4/c1-6(11(15)16)5-17-8-4-2-3-7(12)9(8)10(13)14/h2-4,6H,5H2,1H3,(H2,13,14)(H,15,16). The smallest absolute Gasteiger partial charge is 0.309 e. The maximum absolute atomic E-state index is 13.3. The van der Waals surface area contributed by atoms with Crippen LogP contribution in [0.15, 0.2) is 18.2 Å². The highest BCUT2D eigenvalue weighted by molar-refractivity contribution is 5.95. The molecule has 0 saturated carbocycles. The Morgan fingerprint density at radius 3 is 2.71 bits per heavy atom. The Kier molecular flexibility index (Phi) is 4.03. The highest BCUT2D eigenvalue weighted by Crippen LogP contribution is 2.21. The van der Waals surface area contributed by atoms with Crippen molar-refractivity contribution in [2.45, 2.75) is 6.92 Å². The topological polar surface area (TPSA) is 89.6 Å². The number of carboxylic acid groups (broad SMARTS) is 1. The van der Waals surface area contributed by atoms with Gasteiger partial charge in [0, 0.05) is 0 Å². The van der Waals surface area contributed by atoms with Crippen LogP contribution in [0.5, 0.6) is 5.75 Å². The Hall–Kier alpha value is -2.11. The van der Waals surface area contributed by atoms with Crippen LogP contribution in [-0.2, 0) is 4.79 Å². The van der Waals surface area contributed by atoms with E-state index in [1.165, 1.54) is 19.1 Å². The van der Waals surface area contributed by atoms with Crippen LogP contribution in [0.2, 0.25) is 0 Å². The van der Waals surface area contributed by atoms with Crippen molar-refractivity contribution in [2.24, 2.45) is 11.7 Å². The predicted octanol–water partition coefficient (Wildman–Crippen LogP) is 1.02. The molecule has 1 aromatic rings. The van der Waals surface area contributed by atoms with E-state index in [2.05, 4.69) is 0 Å². The Bertz CT molecular complexity index is 447. The van der Waals surface area contributed by atoms with E-state index in [1.807, 2.05) is 0 Å². The first kappa shape index (κ1) is 13.0. The van der Waals surface area contributed by atoms with Gasteiger partial charge >= 0.3 is 5.97 Å². The van der Waals surface area contributed by atoms with Crippen LogP contribution in [0.25, 0.3) is 0 Å². The van der Waals surface area contributed by atoms with Crippen LogP contribution < -0.4 is 10.5 Å². The zero-order valence-corrected chi connectivity index (χ0v) is 9.14. The number of nitrogens with two attached hydrogens (primary N) is 1. The molecule has 0 aliphatic carbocycles. The lowest BCUT2D eigenvalue weighted by atomic mass is 10.1. The quantitative estimate of drug-likeness (QED) is 0.805. The number of benzene rings is 1. The number of amides is 1. The average molecular weight is 241 g/mol. The molecule has 0 fully saturated rings. The van der Waals surface area contributed by atoms with E-state index >= 15 is 0 Å². The number of hydrogen-bond acceptors (Lipinski definition) is 3. The van der Waals surface area contributed by atoms with Gasteiger partial charge in [-0.3, -0.25) is 9.59 Å². The van der Waals surface area contributed by atoms with Gasteiger partial charge in [-0.05, 0) is 19.1 Å². The fraction of sp³-hybridized carbons (Fsp3) is 0.273. The van der Waals surface area contributed by atoms with E-state index in [1.54, 1.807) is 0 Å². The van der Waals surface area contributed by atoms with E-state index in [0.717, 1.165) is 6.07 Å². The summed E-state index contributed by atoms with van der Waals surface area (Å²) >= 11 is 0. The summed E-state index contributed by atoms with van der Waals surface area (Å²) in [6, 6.07) is 3.79. The second kappa shape index (κ2) is 5.29. The second-order valence-electron chi connectivity index (χ2n) is 3.53. The predicted molar refractivity (Wildman–Crippen MR) is 57.2 cm³/mol. The van der Waals surface area contributed by atoms with Crippen LogP contribution in [0.3, 0.4) is 0 Å². The Labute approximate surface area is 97.0 Å². The van der Waals surface area contributed by atoms with Crippen LogP contribution in [0, 0.1) is 11.7 Å². The van der Waals surface area contributed by atoms with Crippen molar-refractivity contribution in [3.05, 3.63) is 29.6 Å². The third kappa shape index (κ3) is 3.17. The third-order valence-electron chi connectivity index (χ3n) is 2.13. The SMILES string of the molecule is CC(COc1cccc(F)c1C(N)=O)C(=O)O. The Morgan fingerprint density at radius 2 is 2.18 bits per heavy atom. The van der Waals surface area contributed by atoms with Gasteiger partial charge in [-0.25, -0.2) is 4.39 Å². The number of rotatable bonds is 5. The van der Waals surface area contributed by atoms with Gasteiger partial charge in [0.25, 0.3) is 5.91 Å². The number of aliphatic carboxylic acids is 1. The number of carbonyl (C=O) groups excluding carboxylic acids is 1. The van der Waals surface area contributed by atoms with Crippen molar-refractivity contribution in [1.29, 1.82) is 0 Å². The molecule has 0 spiro atoms. The van der Waals surface area contributed by atoms with Crippen LogP contribution >= 0.6 is 0 Å². The molecular formula is C11H12FNO4. The largest absolute Gasteiger partial charge is 0.492 e. The van der Waals surface area contributed by atoms with E-state index < -0.39 is 23.6 Å². The summed E-state index contributed by atoms with van der Waals surface area (Å²) in [6.45, 7) is 1.27. The van der Waals surface area contributed by atoms with Crippen LogP contribution in [-0.4, -0.2) is 23.6 Å². The first-order valence-corrected chi connectivity index (χ1v) is 4.87. The fourth-order valence-electron chi connectivity index (χ4n) is 1.15. The summed E-state index contributed by atoms with van der Waals surface area (Å²) in [7, 11) is 0. The molecule has 5 nitrogen and oxygen atoms in total. The summed E-state index contributed by atoms with van der Waals surface area (Å²) in [5, 5.41) is 8.65. The molecule has 0 heterocycles. The van der Waals surface area contributed by atoms with Gasteiger partial charge in [0.05, 0.1) is 5.92 Å². The van der Waals surface area contributed by atoms with E-state index in [9.17, 15) is 14.0 Å². The van der Waals surface area contributed by atoms with E-state index in [0.29, 0.717) is 0 Å². The first-order valence-electron chi connectivity index (χ1n) is 4.87. The van der Waals surface area contributed by atoms with E-state index in [-0.39, 0.29) is 17.9 Å². The minimum absolute atomic E-state index is 0.0504. The molecule has 1 unspecified atom stereocenters. The number of halogens is 1. The lowest BCUT2D eigenvalue weighted by Gasteiger charge is -2.12. The summed E-state index contributed by atoms with van der Waals surface area (Å²) in [5.74, 6) is -3.61. The highest BCUT2D eigenvalue weighted by atomic mass is 19.1. The molecule has 0 saturated heterocycles. The molecule has 1 rings (SSSR count). The molecule has 17 heavy (non-hydrogen) atoms. The summed E-state index contributed by atoms with van der Waals surface area (Å²) < 4.78 is 18.4. The van der Waals surface area contributed by atoms with Gasteiger partial charge in [0.1, 0.15) is 23.7 Å². The van der Waals surface area contributed by atoms with Crippen LogP contribution in [0.1, 0.15) is 17.3 Å². The Morgan fingerprint density at radius 1 is 1.53 bits per heavy atom. The van der Waals surface area contributed by atoms with Crippen molar-refractivity contribution in [3.8, 4) is 5.75 Å². The monoisotopic (exact) mass is 241 g/mol. The average Bonchev–Trinajstić information content (AvgIpc) is 2.24. The molecule has 3 N–H and O–H groups in total. The third-order valence-corrected chi connectivity index (χ3v) is 2.13. The lowest BCUT2D eigenvalue weighted by molar-refractivity contribution is -0.142. The van der Waals surface area contributed by atoms with Crippen molar-refractivity contribution in [1.82, 2.24) is 0 Å². The second-order valence-corrected chi connectivity index (χ2v) is 3.53. The fourth-order valence-corrected chi connectivity index (χ4v) is 1.15. The van der Waals surface area contributed by atoms with Crippen molar-refractivity contribution in [2.75, 3.05) is 6.61 Å². The molecule has 0 aliphatic heterocycles. The number of ether oxygens (including phenoxy) is 1. The molecule has 0 radical (unpaired) electrons. The Balaban J connectivity index is 2.88. The molecule has 1 atom stereocenters. The lowest BCUT2D eigenvalue weighted by Crippen LogP contribution is -2.20. The summed E-state index contributed by atoms with van der Waals surface area (Å²) in [5.41, 5.74) is 4.64. The van der Waals surface area contributed by atoms with Gasteiger partial charge in [-0.15, -0.1) is 0 Å². The van der Waals surface area contributed by atoms with Crippen molar-refractivity contribution >= 4 is 11.9 Å². The van der Waals surface area contributed by atoms with Gasteiger partial charge in [0.2, 0.25) is 0 Å². The molecule has 0 bridgehead atoms. The number of carboxylic acids is 1. The minimum Gasteiger partial charge on any atom is -0.492 e. The summed E-state index contributed by atoms with van der Waals surface area (Å²) in [4.78, 5) is 21.6. The normalized spacial score (nSPS) is 11.9.